The molecule has 2 aromatic heterocycles. The van der Waals surface area contributed by atoms with Gasteiger partial charge in [-0.15, -0.1) is 0 Å². The fraction of sp³-hybridized carbons (Fsp3) is 0.0769. The normalized spacial score (nSPS) is 21.6. The third kappa shape index (κ3) is 5.68. The number of Topliss-reactive ketones (excluding diaryl/α,β-unsaturated/α-hetero) is 1. The highest BCUT2D eigenvalue weighted by Crippen LogP contribution is 2.34. The van der Waals surface area contributed by atoms with Gasteiger partial charge in [-0.3, -0.25) is 19.9 Å². The molecule has 0 aliphatic carbocycles. The first-order chi connectivity index (χ1) is 23.4. The molecule has 2 atom stereocenters. The van der Waals surface area contributed by atoms with Crippen molar-refractivity contribution in [1.29, 1.82) is 5.26 Å². The van der Waals surface area contributed by atoms with Gasteiger partial charge < -0.3 is 10.3 Å². The second-order valence-electron chi connectivity index (χ2n) is 12.0. The SMILES string of the molecule is N#Cc1cccc(CC23C=C4C=CC(=N4)C=c4ccc([nH]4)=CC4=NC(=CC(N2)/C(=C\C(=O)Nc2ccc5ncccc5c2)C3=O)C=C4)c1. The van der Waals surface area contributed by atoms with Gasteiger partial charge in [0.15, 0.2) is 5.78 Å². The molecule has 48 heavy (non-hydrogen) atoms. The lowest BCUT2D eigenvalue weighted by Crippen LogP contribution is -2.47. The van der Waals surface area contributed by atoms with Crippen LogP contribution in [0.3, 0.4) is 0 Å². The summed E-state index contributed by atoms with van der Waals surface area (Å²) in [6, 6.07) is 21.9. The zero-order valence-electron chi connectivity index (χ0n) is 25.5. The number of allylic oxidation sites excluding steroid dienone is 4. The van der Waals surface area contributed by atoms with E-state index in [-0.39, 0.29) is 17.8 Å². The van der Waals surface area contributed by atoms with E-state index >= 15 is 0 Å². The summed E-state index contributed by atoms with van der Waals surface area (Å²) < 4.78 is 0. The molecule has 2 aromatic carbocycles. The highest BCUT2D eigenvalue weighted by molar-refractivity contribution is 6.20. The van der Waals surface area contributed by atoms with Crippen LogP contribution in [-0.4, -0.2) is 44.7 Å². The van der Waals surface area contributed by atoms with Crippen LogP contribution in [-0.2, 0) is 16.0 Å². The topological polar surface area (TPSA) is 135 Å². The van der Waals surface area contributed by atoms with Gasteiger partial charge in [-0.25, -0.2) is 9.98 Å². The maximum absolute atomic E-state index is 14.7. The fourth-order valence-corrected chi connectivity index (χ4v) is 6.40. The van der Waals surface area contributed by atoms with Gasteiger partial charge in [0.2, 0.25) is 5.91 Å². The molecule has 6 heterocycles. The molecule has 8 bridgehead atoms. The van der Waals surface area contributed by atoms with Crippen molar-refractivity contribution < 1.29 is 9.59 Å². The fourth-order valence-electron chi connectivity index (χ4n) is 6.40. The molecule has 0 spiro atoms. The number of H-pyrrole nitrogens is 1. The third-order valence-electron chi connectivity index (χ3n) is 8.55. The Morgan fingerprint density at radius 1 is 0.938 bits per heavy atom. The molecule has 4 aliphatic rings. The molecule has 0 saturated carbocycles. The van der Waals surface area contributed by atoms with Gasteiger partial charge in [-0.2, -0.15) is 5.26 Å². The summed E-state index contributed by atoms with van der Waals surface area (Å²) in [4.78, 5) is 45.6. The number of ketones is 1. The summed E-state index contributed by atoms with van der Waals surface area (Å²) in [7, 11) is 0. The summed E-state index contributed by atoms with van der Waals surface area (Å²) in [6.45, 7) is 0. The number of nitrogens with one attached hydrogen (secondary N) is 3. The maximum Gasteiger partial charge on any atom is 0.248 e. The predicted molar refractivity (Wildman–Crippen MR) is 186 cm³/mol. The zero-order valence-corrected chi connectivity index (χ0v) is 25.5. The quantitative estimate of drug-likeness (QED) is 0.296. The lowest BCUT2D eigenvalue weighted by Gasteiger charge is -2.25. The van der Waals surface area contributed by atoms with Gasteiger partial charge in [0.25, 0.3) is 0 Å². The number of rotatable bonds is 4. The number of nitrogens with zero attached hydrogens (tertiary/aromatic N) is 4. The minimum Gasteiger partial charge on any atom is -0.355 e. The Kier molecular flexibility index (Phi) is 7.05. The average molecular weight is 626 g/mol. The van der Waals surface area contributed by atoms with Crippen LogP contribution in [0.25, 0.3) is 23.1 Å². The number of hydrogen-bond donors (Lipinski definition) is 3. The van der Waals surface area contributed by atoms with Crippen LogP contribution in [0.15, 0.2) is 142 Å². The van der Waals surface area contributed by atoms with Crippen LogP contribution < -0.4 is 21.3 Å². The van der Waals surface area contributed by atoms with E-state index in [1.165, 1.54) is 6.08 Å². The van der Waals surface area contributed by atoms with Gasteiger partial charge in [-0.1, -0.05) is 18.2 Å². The molecule has 3 N–H and O–H groups in total. The van der Waals surface area contributed by atoms with Crippen molar-refractivity contribution in [2.24, 2.45) is 9.98 Å². The minimum atomic E-state index is -1.28. The van der Waals surface area contributed by atoms with E-state index in [1.54, 1.807) is 30.5 Å². The van der Waals surface area contributed by atoms with Gasteiger partial charge >= 0.3 is 0 Å². The first kappa shape index (κ1) is 28.9. The highest BCUT2D eigenvalue weighted by atomic mass is 16.2. The summed E-state index contributed by atoms with van der Waals surface area (Å²) in [6.07, 6.45) is 18.4. The van der Waals surface area contributed by atoms with Crippen molar-refractivity contribution in [3.05, 3.63) is 154 Å². The molecule has 4 aliphatic heterocycles. The first-order valence-electron chi connectivity index (χ1n) is 15.5. The Labute approximate surface area is 275 Å². The molecule has 1 saturated heterocycles. The molecule has 9 nitrogen and oxygen atoms in total. The Hall–Kier alpha value is -6.50. The van der Waals surface area contributed by atoms with Crippen LogP contribution >= 0.6 is 0 Å². The van der Waals surface area contributed by atoms with Crippen LogP contribution in [0.4, 0.5) is 5.69 Å². The van der Waals surface area contributed by atoms with Crippen molar-refractivity contribution >= 4 is 51.9 Å². The Morgan fingerprint density at radius 3 is 2.54 bits per heavy atom. The lowest BCUT2D eigenvalue weighted by atomic mass is 9.85. The van der Waals surface area contributed by atoms with E-state index in [1.807, 2.05) is 91.1 Å². The van der Waals surface area contributed by atoms with Crippen LogP contribution in [0.5, 0.6) is 0 Å². The number of fused-ring (bicyclic) bond motifs is 7. The number of pyridine rings is 1. The van der Waals surface area contributed by atoms with Gasteiger partial charge in [-0.05, 0) is 103 Å². The van der Waals surface area contributed by atoms with Crippen LogP contribution in [0.2, 0.25) is 0 Å². The number of aliphatic imine (C=N–C) groups is 2. The molecular weight excluding hydrogens is 598 g/mol. The second kappa shape index (κ2) is 11.7. The molecule has 9 heteroatoms. The van der Waals surface area contributed by atoms with E-state index in [4.69, 9.17) is 9.98 Å². The maximum atomic E-state index is 14.7. The van der Waals surface area contributed by atoms with Gasteiger partial charge in [0.1, 0.15) is 5.54 Å². The van der Waals surface area contributed by atoms with Crippen LogP contribution in [0.1, 0.15) is 11.1 Å². The standard InChI is InChI=1S/C39H27N7O2/c40-23-25-4-1-3-24(15-25)21-39-22-33-11-10-31(44-33)18-29-7-6-28(42-29)17-30-8-9-32(43-30)19-36(46-39)34(38(39)48)20-37(47)45-27-12-13-35-26(16-27)5-2-14-41-35/h1-20,22,36,42,46H,21H2,(H,45,47)/b28-17?,29-18?,32-19?,33-22?,34-20+. The Bertz CT molecular complexity index is 2450. The smallest absolute Gasteiger partial charge is 0.248 e. The molecule has 0 radical (unpaired) electrons. The number of nitriles is 1. The largest absolute Gasteiger partial charge is 0.355 e. The molecule has 8 rings (SSSR count). The second-order valence-corrected chi connectivity index (χ2v) is 12.0. The van der Waals surface area contributed by atoms with Crippen molar-refractivity contribution in [3.63, 3.8) is 0 Å². The molecule has 2 unspecified atom stereocenters. The summed E-state index contributed by atoms with van der Waals surface area (Å²) in [5.74, 6) is -0.709. The van der Waals surface area contributed by atoms with E-state index in [0.29, 0.717) is 22.6 Å². The first-order valence-corrected chi connectivity index (χ1v) is 15.5. The lowest BCUT2D eigenvalue weighted by molar-refractivity contribution is -0.118. The van der Waals surface area contributed by atoms with Crippen LogP contribution in [0, 0.1) is 11.3 Å². The molecule has 230 valence electrons. The van der Waals surface area contributed by atoms with Gasteiger partial charge in [0, 0.05) is 46.0 Å². The molecule has 1 amide bonds. The number of aromatic amines is 1. The van der Waals surface area contributed by atoms with E-state index in [9.17, 15) is 14.9 Å². The van der Waals surface area contributed by atoms with E-state index < -0.39 is 17.5 Å². The number of hydrogen-bond acceptors (Lipinski definition) is 7. The number of anilines is 1. The van der Waals surface area contributed by atoms with E-state index in [2.05, 4.69) is 26.7 Å². The zero-order chi connectivity index (χ0) is 32.7. The predicted octanol–water partition coefficient (Wildman–Crippen LogP) is 3.89. The monoisotopic (exact) mass is 625 g/mol. The average Bonchev–Trinajstić information content (AvgIpc) is 3.88. The van der Waals surface area contributed by atoms with Crippen molar-refractivity contribution in [1.82, 2.24) is 15.3 Å². The van der Waals surface area contributed by atoms with Crippen molar-refractivity contribution in [3.8, 4) is 6.07 Å². The highest BCUT2D eigenvalue weighted by Gasteiger charge is 2.48. The summed E-state index contributed by atoms with van der Waals surface area (Å²) in [5.41, 5.74) is 4.41. The molecule has 4 aromatic rings. The number of aromatic nitrogens is 2. The number of benzene rings is 2. The number of carbonyl (C=O) groups excluding carboxylic acids is 2. The number of amides is 1. The molecular formula is C39H27N7O2. The Morgan fingerprint density at radius 2 is 1.73 bits per heavy atom. The third-order valence-corrected chi connectivity index (χ3v) is 8.55. The summed E-state index contributed by atoms with van der Waals surface area (Å²) in [5, 5.41) is 18.7. The Balaban J connectivity index is 1.25. The van der Waals surface area contributed by atoms with Gasteiger partial charge in [0.05, 0.1) is 46.0 Å². The van der Waals surface area contributed by atoms with Crippen molar-refractivity contribution in [2.75, 3.05) is 5.32 Å². The molecule has 1 fully saturated rings. The van der Waals surface area contributed by atoms with Crippen molar-refractivity contribution in [2.45, 2.75) is 18.0 Å². The summed E-state index contributed by atoms with van der Waals surface area (Å²) >= 11 is 0. The van der Waals surface area contributed by atoms with E-state index in [0.717, 1.165) is 38.6 Å². The minimum absolute atomic E-state index is 0.224. The number of carbonyl (C=O) groups is 2.